The quantitative estimate of drug-likeness (QED) is 0.355. The molecule has 1 N–H and O–H groups in total. The van der Waals surface area contributed by atoms with Crippen LogP contribution in [-0.2, 0) is 16.1 Å². The van der Waals surface area contributed by atoms with E-state index in [0.29, 0.717) is 18.7 Å². The summed E-state index contributed by atoms with van der Waals surface area (Å²) in [6, 6.07) is 6.16. The van der Waals surface area contributed by atoms with Crippen molar-refractivity contribution in [1.29, 1.82) is 0 Å². The number of benzene rings is 1. The fourth-order valence-electron chi connectivity index (χ4n) is 3.67. The first kappa shape index (κ1) is 20.4. The maximum Gasteiger partial charge on any atom is 0.295 e. The molecule has 160 valence electrons. The van der Waals surface area contributed by atoms with Gasteiger partial charge < -0.3 is 23.7 Å². The molecule has 1 saturated heterocycles. The molecule has 1 aliphatic heterocycles. The van der Waals surface area contributed by atoms with E-state index >= 15 is 0 Å². The first-order valence-corrected chi connectivity index (χ1v) is 9.62. The fraction of sp³-hybridized carbons (Fsp3) is 0.227. The standard InChI is InChI=1S/C22H20FN3O5/c1-30-16-6-5-14(12-15(16)23)20(27)18-19(17-4-2-11-31-17)26(22(29)21(18)28)9-3-8-25-10-7-24-13-25/h2,4-7,10-13,19,27H,3,8-9H2,1H3/b20-18+/t19-/m0/s1. The number of aryl methyl sites for hydroxylation is 1. The van der Waals surface area contributed by atoms with Gasteiger partial charge in [-0.1, -0.05) is 0 Å². The van der Waals surface area contributed by atoms with Gasteiger partial charge in [-0.05, 0) is 36.8 Å². The summed E-state index contributed by atoms with van der Waals surface area (Å²) in [4.78, 5) is 31.0. The predicted molar refractivity (Wildman–Crippen MR) is 108 cm³/mol. The Morgan fingerprint density at radius 1 is 1.29 bits per heavy atom. The van der Waals surface area contributed by atoms with E-state index in [1.807, 2.05) is 4.57 Å². The molecule has 9 heteroatoms. The molecule has 0 bridgehead atoms. The van der Waals surface area contributed by atoms with Crippen LogP contribution in [0.3, 0.4) is 0 Å². The minimum absolute atomic E-state index is 0.000845. The summed E-state index contributed by atoms with van der Waals surface area (Å²) in [5, 5.41) is 10.9. The summed E-state index contributed by atoms with van der Waals surface area (Å²) >= 11 is 0. The van der Waals surface area contributed by atoms with E-state index in [4.69, 9.17) is 9.15 Å². The van der Waals surface area contributed by atoms with Crippen LogP contribution in [-0.4, -0.2) is 44.9 Å². The van der Waals surface area contributed by atoms with Crippen molar-refractivity contribution in [3.63, 3.8) is 0 Å². The topological polar surface area (TPSA) is 97.8 Å². The third-order valence-electron chi connectivity index (χ3n) is 5.15. The molecule has 3 aromatic rings. The number of likely N-dealkylation sites (tertiary alicyclic amines) is 1. The monoisotopic (exact) mass is 425 g/mol. The number of halogens is 1. The van der Waals surface area contributed by atoms with Crippen LogP contribution in [0.5, 0.6) is 5.75 Å². The lowest BCUT2D eigenvalue weighted by atomic mass is 9.99. The van der Waals surface area contributed by atoms with E-state index in [2.05, 4.69) is 4.98 Å². The summed E-state index contributed by atoms with van der Waals surface area (Å²) in [6.07, 6.45) is 7.10. The fourth-order valence-corrected chi connectivity index (χ4v) is 3.67. The highest BCUT2D eigenvalue weighted by atomic mass is 19.1. The van der Waals surface area contributed by atoms with Gasteiger partial charge in [0.05, 0.1) is 25.3 Å². The SMILES string of the molecule is COc1ccc(/C(O)=C2\C(=O)C(=O)N(CCCn3ccnc3)[C@H]2c2ccco2)cc1F. The number of carbonyl (C=O) groups excluding carboxylic acids is 2. The Morgan fingerprint density at radius 2 is 2.13 bits per heavy atom. The van der Waals surface area contributed by atoms with Crippen LogP contribution >= 0.6 is 0 Å². The minimum atomic E-state index is -0.914. The summed E-state index contributed by atoms with van der Waals surface area (Å²) < 4.78 is 26.4. The lowest BCUT2D eigenvalue weighted by Crippen LogP contribution is -2.31. The number of carbonyl (C=O) groups is 2. The maximum absolute atomic E-state index is 14.2. The van der Waals surface area contributed by atoms with Gasteiger partial charge in [-0.3, -0.25) is 9.59 Å². The van der Waals surface area contributed by atoms with Gasteiger partial charge in [0.2, 0.25) is 0 Å². The van der Waals surface area contributed by atoms with Crippen molar-refractivity contribution in [2.45, 2.75) is 19.0 Å². The van der Waals surface area contributed by atoms with Crippen molar-refractivity contribution in [2.24, 2.45) is 0 Å². The molecule has 1 atom stereocenters. The minimum Gasteiger partial charge on any atom is -0.507 e. The highest BCUT2D eigenvalue weighted by Crippen LogP contribution is 2.40. The van der Waals surface area contributed by atoms with E-state index in [-0.39, 0.29) is 23.4 Å². The number of hydrogen-bond acceptors (Lipinski definition) is 6. The van der Waals surface area contributed by atoms with Crippen molar-refractivity contribution in [3.05, 3.63) is 78.0 Å². The molecule has 3 heterocycles. The third kappa shape index (κ3) is 3.81. The molecule has 1 fully saturated rings. The van der Waals surface area contributed by atoms with Crippen LogP contribution in [0.25, 0.3) is 5.76 Å². The number of amides is 1. The number of Topliss-reactive ketones (excluding diaryl/α,β-unsaturated/α-hetero) is 1. The second-order valence-electron chi connectivity index (χ2n) is 7.01. The first-order valence-electron chi connectivity index (χ1n) is 9.62. The molecule has 0 radical (unpaired) electrons. The van der Waals surface area contributed by atoms with Gasteiger partial charge in [0.15, 0.2) is 11.6 Å². The van der Waals surface area contributed by atoms with Gasteiger partial charge in [0.1, 0.15) is 17.6 Å². The number of imidazole rings is 1. The van der Waals surface area contributed by atoms with E-state index in [9.17, 15) is 19.1 Å². The highest BCUT2D eigenvalue weighted by molar-refractivity contribution is 6.46. The van der Waals surface area contributed by atoms with Gasteiger partial charge >= 0.3 is 0 Å². The van der Waals surface area contributed by atoms with Crippen LogP contribution in [0.4, 0.5) is 4.39 Å². The molecule has 0 aliphatic carbocycles. The normalized spacial score (nSPS) is 18.0. The van der Waals surface area contributed by atoms with Crippen LogP contribution in [0.2, 0.25) is 0 Å². The lowest BCUT2D eigenvalue weighted by Gasteiger charge is -2.23. The average molecular weight is 425 g/mol. The number of rotatable bonds is 7. The summed E-state index contributed by atoms with van der Waals surface area (Å²) in [6.45, 7) is 0.847. The summed E-state index contributed by atoms with van der Waals surface area (Å²) in [7, 11) is 1.32. The van der Waals surface area contributed by atoms with Gasteiger partial charge in [-0.15, -0.1) is 0 Å². The smallest absolute Gasteiger partial charge is 0.295 e. The zero-order valence-corrected chi connectivity index (χ0v) is 16.7. The Balaban J connectivity index is 1.70. The van der Waals surface area contributed by atoms with Crippen LogP contribution < -0.4 is 4.74 Å². The molecule has 1 aromatic carbocycles. The summed E-state index contributed by atoms with van der Waals surface area (Å²) in [5.41, 5.74) is -0.0848. The highest BCUT2D eigenvalue weighted by Gasteiger charge is 2.47. The van der Waals surface area contributed by atoms with Crippen LogP contribution in [0.15, 0.2) is 65.3 Å². The zero-order valence-electron chi connectivity index (χ0n) is 16.7. The van der Waals surface area contributed by atoms with E-state index in [1.54, 1.807) is 30.9 Å². The largest absolute Gasteiger partial charge is 0.507 e. The Kier molecular flexibility index (Phi) is 5.57. The summed E-state index contributed by atoms with van der Waals surface area (Å²) in [5.74, 6) is -2.44. The van der Waals surface area contributed by atoms with Crippen LogP contribution in [0, 0.1) is 5.82 Å². The second kappa shape index (κ2) is 8.47. The number of aliphatic hydroxyl groups is 1. The molecular weight excluding hydrogens is 405 g/mol. The van der Waals surface area contributed by atoms with Crippen molar-refractivity contribution in [2.75, 3.05) is 13.7 Å². The van der Waals surface area contributed by atoms with Gasteiger partial charge in [0, 0.05) is 31.0 Å². The van der Waals surface area contributed by atoms with Gasteiger partial charge in [-0.25, -0.2) is 9.37 Å². The molecule has 4 rings (SSSR count). The Labute approximate surface area is 177 Å². The number of aliphatic hydroxyl groups excluding tert-OH is 1. The lowest BCUT2D eigenvalue weighted by molar-refractivity contribution is -0.140. The number of nitrogens with zero attached hydrogens (tertiary/aromatic N) is 3. The number of aromatic nitrogens is 2. The first-order chi connectivity index (χ1) is 15.0. The number of ketones is 1. The molecular formula is C22H20FN3O5. The Hall–Kier alpha value is -3.88. The van der Waals surface area contributed by atoms with Crippen molar-refractivity contribution < 1.29 is 28.2 Å². The second-order valence-corrected chi connectivity index (χ2v) is 7.01. The van der Waals surface area contributed by atoms with Gasteiger partial charge in [-0.2, -0.15) is 0 Å². The number of hydrogen-bond donors (Lipinski definition) is 1. The molecule has 1 amide bonds. The maximum atomic E-state index is 14.2. The average Bonchev–Trinajstić information content (AvgIpc) is 3.52. The third-order valence-corrected chi connectivity index (χ3v) is 5.15. The Morgan fingerprint density at radius 3 is 2.77 bits per heavy atom. The van der Waals surface area contributed by atoms with Crippen molar-refractivity contribution in [3.8, 4) is 5.75 Å². The van der Waals surface area contributed by atoms with Gasteiger partial charge in [0.25, 0.3) is 11.7 Å². The molecule has 2 aromatic heterocycles. The number of ether oxygens (including phenoxy) is 1. The van der Waals surface area contributed by atoms with E-state index in [1.165, 1.54) is 30.4 Å². The van der Waals surface area contributed by atoms with Crippen LogP contribution in [0.1, 0.15) is 23.8 Å². The number of methoxy groups -OCH3 is 1. The zero-order chi connectivity index (χ0) is 22.0. The molecule has 8 nitrogen and oxygen atoms in total. The van der Waals surface area contributed by atoms with Crippen molar-refractivity contribution >= 4 is 17.4 Å². The molecule has 31 heavy (non-hydrogen) atoms. The van der Waals surface area contributed by atoms with E-state index in [0.717, 1.165) is 6.07 Å². The molecule has 0 unspecified atom stereocenters. The van der Waals surface area contributed by atoms with Crippen molar-refractivity contribution in [1.82, 2.24) is 14.5 Å². The van der Waals surface area contributed by atoms with E-state index < -0.39 is 29.3 Å². The molecule has 1 aliphatic rings. The molecule has 0 spiro atoms. The predicted octanol–water partition coefficient (Wildman–Crippen LogP) is 3.14. The number of furan rings is 1. The molecule has 0 saturated carbocycles. The Bertz CT molecular complexity index is 1120.